The van der Waals surface area contributed by atoms with Crippen molar-refractivity contribution in [1.29, 1.82) is 0 Å². The molecule has 0 radical (unpaired) electrons. The van der Waals surface area contributed by atoms with E-state index in [1.807, 2.05) is 65.4 Å². The fourth-order valence-electron chi connectivity index (χ4n) is 3.26. The minimum atomic E-state index is 0.0658. The first-order chi connectivity index (χ1) is 15.1. The van der Waals surface area contributed by atoms with E-state index in [1.165, 1.54) is 17.3 Å². The molecule has 0 bridgehead atoms. The number of Topliss-reactive ketones (excluding diaryl/α,β-unsaturated/α-hetero) is 1. The molecule has 158 valence electrons. The van der Waals surface area contributed by atoms with Crippen molar-refractivity contribution < 1.29 is 9.53 Å². The molecule has 0 N–H and O–H groups in total. The first-order valence-corrected chi connectivity index (χ1v) is 11.9. The molecule has 5 nitrogen and oxygen atoms in total. The molecule has 31 heavy (non-hydrogen) atoms. The highest BCUT2D eigenvalue weighted by Crippen LogP contribution is 2.34. The van der Waals surface area contributed by atoms with Crippen LogP contribution in [0.3, 0.4) is 0 Å². The molecule has 0 unspecified atom stereocenters. The summed E-state index contributed by atoms with van der Waals surface area (Å²) >= 11 is 2.99. The van der Waals surface area contributed by atoms with Crippen LogP contribution in [-0.2, 0) is 6.42 Å². The van der Waals surface area contributed by atoms with Crippen molar-refractivity contribution in [3.8, 4) is 22.1 Å². The molecule has 0 fully saturated rings. The van der Waals surface area contributed by atoms with E-state index in [0.29, 0.717) is 10.7 Å². The van der Waals surface area contributed by atoms with E-state index in [-0.39, 0.29) is 11.5 Å². The van der Waals surface area contributed by atoms with Crippen LogP contribution in [0.5, 0.6) is 5.75 Å². The van der Waals surface area contributed by atoms with Crippen LogP contribution in [0.1, 0.15) is 28.4 Å². The molecule has 4 aromatic rings. The van der Waals surface area contributed by atoms with E-state index in [9.17, 15) is 4.79 Å². The summed E-state index contributed by atoms with van der Waals surface area (Å²) in [5, 5.41) is 11.5. The predicted molar refractivity (Wildman–Crippen MR) is 127 cm³/mol. The molecule has 0 atom stereocenters. The van der Waals surface area contributed by atoms with Gasteiger partial charge in [-0.15, -0.1) is 21.5 Å². The molecule has 4 rings (SSSR count). The van der Waals surface area contributed by atoms with Gasteiger partial charge in [-0.2, -0.15) is 0 Å². The number of carbonyl (C=O) groups excluding carboxylic acids is 1. The van der Waals surface area contributed by atoms with Crippen molar-refractivity contribution >= 4 is 28.9 Å². The number of thiophene rings is 1. The van der Waals surface area contributed by atoms with E-state index >= 15 is 0 Å². The van der Waals surface area contributed by atoms with Crippen molar-refractivity contribution in [2.75, 3.05) is 12.9 Å². The normalized spacial score (nSPS) is 10.9. The predicted octanol–water partition coefficient (Wildman–Crippen LogP) is 5.85. The lowest BCUT2D eigenvalue weighted by Crippen LogP contribution is -2.06. The van der Waals surface area contributed by atoms with Crippen molar-refractivity contribution in [2.24, 2.45) is 0 Å². The third-order valence-electron chi connectivity index (χ3n) is 4.97. The van der Waals surface area contributed by atoms with Crippen LogP contribution in [0.15, 0.2) is 65.1 Å². The molecule has 0 aliphatic rings. The Morgan fingerprint density at radius 1 is 1.13 bits per heavy atom. The van der Waals surface area contributed by atoms with E-state index in [4.69, 9.17) is 4.74 Å². The summed E-state index contributed by atoms with van der Waals surface area (Å²) < 4.78 is 7.60. The molecular weight excluding hydrogens is 426 g/mol. The van der Waals surface area contributed by atoms with Gasteiger partial charge >= 0.3 is 0 Å². The van der Waals surface area contributed by atoms with Crippen LogP contribution >= 0.6 is 23.1 Å². The number of benzene rings is 2. The van der Waals surface area contributed by atoms with Gasteiger partial charge in [0, 0.05) is 5.56 Å². The zero-order valence-corrected chi connectivity index (χ0v) is 19.3. The van der Waals surface area contributed by atoms with Gasteiger partial charge in [-0.25, -0.2) is 0 Å². The smallest absolute Gasteiger partial charge is 0.196 e. The Labute approximate surface area is 190 Å². The van der Waals surface area contributed by atoms with Gasteiger partial charge < -0.3 is 4.74 Å². The fraction of sp³-hybridized carbons (Fsp3) is 0.208. The second-order valence-electron chi connectivity index (χ2n) is 7.06. The molecule has 0 spiro atoms. The Kier molecular flexibility index (Phi) is 6.53. The number of carbonyl (C=O) groups is 1. The Balaban J connectivity index is 1.68. The van der Waals surface area contributed by atoms with Gasteiger partial charge in [-0.1, -0.05) is 55.1 Å². The summed E-state index contributed by atoms with van der Waals surface area (Å²) in [5.74, 6) is 1.81. The van der Waals surface area contributed by atoms with Gasteiger partial charge in [0.05, 0.1) is 23.4 Å². The summed E-state index contributed by atoms with van der Waals surface area (Å²) in [6.07, 6.45) is 0.955. The molecule has 0 aliphatic heterocycles. The van der Waals surface area contributed by atoms with Gasteiger partial charge in [0.25, 0.3) is 0 Å². The average molecular weight is 450 g/mol. The maximum atomic E-state index is 12.8. The highest BCUT2D eigenvalue weighted by molar-refractivity contribution is 7.99. The molecular formula is C24H23N3O2S2. The summed E-state index contributed by atoms with van der Waals surface area (Å²) in [4.78, 5) is 13.8. The van der Waals surface area contributed by atoms with Crippen LogP contribution in [-0.4, -0.2) is 33.4 Å². The molecule has 2 aromatic carbocycles. The number of hydrogen-bond donors (Lipinski definition) is 0. The maximum Gasteiger partial charge on any atom is 0.196 e. The van der Waals surface area contributed by atoms with Crippen molar-refractivity contribution in [3.05, 3.63) is 76.7 Å². The minimum absolute atomic E-state index is 0.0658. The maximum absolute atomic E-state index is 12.8. The van der Waals surface area contributed by atoms with Gasteiger partial charge in [0.1, 0.15) is 5.75 Å². The number of thioether (sulfide) groups is 1. The van der Waals surface area contributed by atoms with Gasteiger partial charge in [0.2, 0.25) is 0 Å². The van der Waals surface area contributed by atoms with E-state index in [2.05, 4.69) is 23.2 Å². The quantitative estimate of drug-likeness (QED) is 0.249. The number of aryl methyl sites for hydroxylation is 2. The van der Waals surface area contributed by atoms with Crippen LogP contribution < -0.4 is 4.74 Å². The van der Waals surface area contributed by atoms with Crippen LogP contribution in [0.25, 0.3) is 16.4 Å². The summed E-state index contributed by atoms with van der Waals surface area (Å²) in [6, 6.07) is 17.8. The van der Waals surface area contributed by atoms with Crippen LogP contribution in [0.2, 0.25) is 0 Å². The van der Waals surface area contributed by atoms with Crippen LogP contribution in [0, 0.1) is 6.92 Å². The number of ether oxygens (including phenoxy) is 1. The topological polar surface area (TPSA) is 57.0 Å². The SMILES string of the molecule is CCc1ccc(C(=O)CSc2nnc(-c3cccs3)n2-c2cc(C)ccc2OC)cc1. The van der Waals surface area contributed by atoms with Crippen molar-refractivity contribution in [1.82, 2.24) is 14.8 Å². The lowest BCUT2D eigenvalue weighted by atomic mass is 10.1. The zero-order valence-electron chi connectivity index (χ0n) is 17.7. The number of methoxy groups -OCH3 is 1. The Morgan fingerprint density at radius 3 is 2.61 bits per heavy atom. The van der Waals surface area contributed by atoms with Crippen LogP contribution in [0.4, 0.5) is 0 Å². The first-order valence-electron chi connectivity index (χ1n) is 10.00. The number of aromatic nitrogens is 3. The largest absolute Gasteiger partial charge is 0.495 e. The lowest BCUT2D eigenvalue weighted by Gasteiger charge is -2.14. The van der Waals surface area contributed by atoms with E-state index in [1.54, 1.807) is 18.4 Å². The van der Waals surface area contributed by atoms with E-state index < -0.39 is 0 Å². The highest BCUT2D eigenvalue weighted by Gasteiger charge is 2.21. The molecule has 0 saturated carbocycles. The number of hydrogen-bond acceptors (Lipinski definition) is 6. The number of nitrogens with zero attached hydrogens (tertiary/aromatic N) is 3. The fourth-order valence-corrected chi connectivity index (χ4v) is 4.80. The third-order valence-corrected chi connectivity index (χ3v) is 6.76. The molecule has 0 amide bonds. The molecule has 7 heteroatoms. The van der Waals surface area contributed by atoms with Gasteiger partial charge in [-0.3, -0.25) is 9.36 Å². The van der Waals surface area contributed by atoms with Crippen molar-refractivity contribution in [2.45, 2.75) is 25.4 Å². The Morgan fingerprint density at radius 2 is 1.94 bits per heavy atom. The highest BCUT2D eigenvalue weighted by atomic mass is 32.2. The Hall–Kier alpha value is -2.90. The van der Waals surface area contributed by atoms with Gasteiger partial charge in [0.15, 0.2) is 16.8 Å². The Bertz CT molecular complexity index is 1180. The van der Waals surface area contributed by atoms with E-state index in [0.717, 1.165) is 34.1 Å². The second kappa shape index (κ2) is 9.49. The minimum Gasteiger partial charge on any atom is -0.495 e. The number of ketones is 1. The number of rotatable bonds is 8. The lowest BCUT2D eigenvalue weighted by molar-refractivity contribution is 0.102. The molecule has 2 aromatic heterocycles. The summed E-state index contributed by atoms with van der Waals surface area (Å²) in [5.41, 5.74) is 3.89. The van der Waals surface area contributed by atoms with Crippen molar-refractivity contribution in [3.63, 3.8) is 0 Å². The molecule has 0 aliphatic carbocycles. The monoisotopic (exact) mass is 449 g/mol. The first kappa shape index (κ1) is 21.3. The average Bonchev–Trinajstić information content (AvgIpc) is 3.47. The summed E-state index contributed by atoms with van der Waals surface area (Å²) in [6.45, 7) is 4.14. The standard InChI is InChI=1S/C24H23N3O2S2/c1-4-17-8-10-18(11-9-17)20(28)15-31-24-26-25-23(22-6-5-13-30-22)27(24)19-14-16(2)7-12-21(19)29-3/h5-14H,4,15H2,1-3H3. The van der Waals surface area contributed by atoms with Gasteiger partial charge in [-0.05, 0) is 48.1 Å². The molecule has 0 saturated heterocycles. The second-order valence-corrected chi connectivity index (χ2v) is 8.95. The summed E-state index contributed by atoms with van der Waals surface area (Å²) in [7, 11) is 1.65. The zero-order chi connectivity index (χ0) is 21.8. The third kappa shape index (κ3) is 4.57. The molecule has 2 heterocycles.